The number of nitrogens with one attached hydrogen (secondary N) is 1. The predicted molar refractivity (Wildman–Crippen MR) is 41.4 cm³/mol. The number of hydrogen-bond acceptors (Lipinski definition) is 2. The standard InChI is InChI=1S/C6H6F2N2.ClH/c7-4-1-5(8)3-6(2-4)10-9;/h1-3,10H,9H2;1H. The molecule has 2 nitrogen and oxygen atoms in total. The van der Waals surface area contributed by atoms with Crippen molar-refractivity contribution in [2.75, 3.05) is 5.43 Å². The molecule has 0 fully saturated rings. The Kier molecular flexibility index (Phi) is 3.78. The van der Waals surface area contributed by atoms with Crippen molar-refractivity contribution in [3.05, 3.63) is 29.8 Å². The first-order valence-electron chi connectivity index (χ1n) is 2.65. The Bertz CT molecular complexity index is 222. The molecule has 0 radical (unpaired) electrons. The first-order valence-corrected chi connectivity index (χ1v) is 2.65. The summed E-state index contributed by atoms with van der Waals surface area (Å²) < 4.78 is 24.6. The molecule has 0 heterocycles. The molecule has 0 saturated carbocycles. The van der Waals surface area contributed by atoms with Gasteiger partial charge in [0.2, 0.25) is 0 Å². The third-order valence-electron chi connectivity index (χ3n) is 1.03. The summed E-state index contributed by atoms with van der Waals surface area (Å²) in [6, 6.07) is 2.98. The SMILES string of the molecule is Cl.NNc1cc(F)cc(F)c1. The smallest absolute Gasteiger partial charge is 0.128 e. The Balaban J connectivity index is 0.000001000. The number of nitrogens with two attached hydrogens (primary N) is 1. The van der Waals surface area contributed by atoms with Gasteiger partial charge in [-0.15, -0.1) is 12.4 Å². The second-order valence-electron chi connectivity index (χ2n) is 1.80. The van der Waals surface area contributed by atoms with E-state index in [9.17, 15) is 8.78 Å². The zero-order valence-electron chi connectivity index (χ0n) is 5.47. The largest absolute Gasteiger partial charge is 0.324 e. The maximum absolute atomic E-state index is 12.3. The lowest BCUT2D eigenvalue weighted by atomic mass is 10.3. The van der Waals surface area contributed by atoms with Gasteiger partial charge in [0.1, 0.15) is 11.6 Å². The van der Waals surface area contributed by atoms with Crippen molar-refractivity contribution in [3.8, 4) is 0 Å². The van der Waals surface area contributed by atoms with Crippen LogP contribution in [0.25, 0.3) is 0 Å². The van der Waals surface area contributed by atoms with Crippen molar-refractivity contribution in [2.24, 2.45) is 5.84 Å². The molecule has 0 unspecified atom stereocenters. The van der Waals surface area contributed by atoms with Gasteiger partial charge >= 0.3 is 0 Å². The molecule has 1 aromatic rings. The topological polar surface area (TPSA) is 38.0 Å². The van der Waals surface area contributed by atoms with E-state index in [0.717, 1.165) is 18.2 Å². The molecule has 0 aromatic heterocycles. The molecule has 0 saturated heterocycles. The van der Waals surface area contributed by atoms with Crippen molar-refractivity contribution in [3.63, 3.8) is 0 Å². The minimum Gasteiger partial charge on any atom is -0.324 e. The number of hydrazine groups is 1. The highest BCUT2D eigenvalue weighted by molar-refractivity contribution is 5.85. The minimum absolute atomic E-state index is 0. The summed E-state index contributed by atoms with van der Waals surface area (Å²) in [6.45, 7) is 0. The number of hydrogen-bond donors (Lipinski definition) is 2. The molecule has 0 spiro atoms. The minimum atomic E-state index is -0.645. The van der Waals surface area contributed by atoms with Crippen LogP contribution in [0.1, 0.15) is 0 Å². The van der Waals surface area contributed by atoms with E-state index in [1.165, 1.54) is 0 Å². The van der Waals surface area contributed by atoms with Crippen LogP contribution in [0.5, 0.6) is 0 Å². The average Bonchev–Trinajstić information content (AvgIpc) is 1.85. The summed E-state index contributed by atoms with van der Waals surface area (Å²) in [6.07, 6.45) is 0. The van der Waals surface area contributed by atoms with Gasteiger partial charge in [0.25, 0.3) is 0 Å². The number of benzene rings is 1. The Labute approximate surface area is 68.8 Å². The predicted octanol–water partition coefficient (Wildman–Crippen LogP) is 1.67. The summed E-state index contributed by atoms with van der Waals surface area (Å²) in [4.78, 5) is 0. The average molecular weight is 181 g/mol. The van der Waals surface area contributed by atoms with E-state index in [1.54, 1.807) is 0 Å². The van der Waals surface area contributed by atoms with E-state index >= 15 is 0 Å². The molecule has 62 valence electrons. The van der Waals surface area contributed by atoms with Gasteiger partial charge in [0, 0.05) is 6.07 Å². The first kappa shape index (κ1) is 10.1. The summed E-state index contributed by atoms with van der Waals surface area (Å²) in [7, 11) is 0. The second-order valence-corrected chi connectivity index (χ2v) is 1.80. The van der Waals surface area contributed by atoms with Crippen molar-refractivity contribution in [2.45, 2.75) is 0 Å². The van der Waals surface area contributed by atoms with E-state index in [4.69, 9.17) is 5.84 Å². The quantitative estimate of drug-likeness (QED) is 0.510. The van der Waals surface area contributed by atoms with Gasteiger partial charge in [-0.2, -0.15) is 0 Å². The summed E-state index contributed by atoms with van der Waals surface area (Å²) in [5, 5.41) is 0. The fourth-order valence-electron chi connectivity index (χ4n) is 0.637. The maximum Gasteiger partial charge on any atom is 0.128 e. The lowest BCUT2D eigenvalue weighted by Gasteiger charge is -1.98. The molecule has 1 rings (SSSR count). The van der Waals surface area contributed by atoms with E-state index in [0.29, 0.717) is 0 Å². The molecule has 3 N–H and O–H groups in total. The lowest BCUT2D eigenvalue weighted by Crippen LogP contribution is -2.06. The van der Waals surface area contributed by atoms with Crippen LogP contribution in [0.15, 0.2) is 18.2 Å². The maximum atomic E-state index is 12.3. The van der Waals surface area contributed by atoms with Crippen LogP contribution in [0.3, 0.4) is 0 Å². The highest BCUT2D eigenvalue weighted by atomic mass is 35.5. The third-order valence-corrected chi connectivity index (χ3v) is 1.03. The van der Waals surface area contributed by atoms with Gasteiger partial charge in [-0.1, -0.05) is 0 Å². The highest BCUT2D eigenvalue weighted by Crippen LogP contribution is 2.10. The second kappa shape index (κ2) is 4.10. The Morgan fingerprint density at radius 1 is 1.09 bits per heavy atom. The van der Waals surface area contributed by atoms with Crippen molar-refractivity contribution in [1.29, 1.82) is 0 Å². The molecular formula is C6H7ClF2N2. The van der Waals surface area contributed by atoms with Crippen LogP contribution in [-0.4, -0.2) is 0 Å². The fourth-order valence-corrected chi connectivity index (χ4v) is 0.637. The Morgan fingerprint density at radius 3 is 1.91 bits per heavy atom. The van der Waals surface area contributed by atoms with E-state index < -0.39 is 11.6 Å². The van der Waals surface area contributed by atoms with Crippen LogP contribution in [0, 0.1) is 11.6 Å². The van der Waals surface area contributed by atoms with Crippen LogP contribution in [0.4, 0.5) is 14.5 Å². The molecular weight excluding hydrogens is 174 g/mol. The van der Waals surface area contributed by atoms with Crippen LogP contribution < -0.4 is 11.3 Å². The first-order chi connectivity index (χ1) is 4.72. The number of nitrogen functional groups attached to an aromatic ring is 1. The van der Waals surface area contributed by atoms with Gasteiger partial charge in [0.05, 0.1) is 5.69 Å². The molecule has 0 aliphatic heterocycles. The Hall–Kier alpha value is -0.870. The van der Waals surface area contributed by atoms with Gasteiger partial charge < -0.3 is 5.43 Å². The highest BCUT2D eigenvalue weighted by Gasteiger charge is 1.96. The Morgan fingerprint density at radius 2 is 1.55 bits per heavy atom. The molecule has 0 bridgehead atoms. The van der Waals surface area contributed by atoms with E-state index in [2.05, 4.69) is 5.43 Å². The van der Waals surface area contributed by atoms with Crippen molar-refractivity contribution < 1.29 is 8.78 Å². The third kappa shape index (κ3) is 2.69. The van der Waals surface area contributed by atoms with Crippen LogP contribution in [0.2, 0.25) is 0 Å². The van der Waals surface area contributed by atoms with Crippen molar-refractivity contribution >= 4 is 18.1 Å². The molecule has 11 heavy (non-hydrogen) atoms. The van der Waals surface area contributed by atoms with E-state index in [-0.39, 0.29) is 18.1 Å². The van der Waals surface area contributed by atoms with Gasteiger partial charge in [0.15, 0.2) is 0 Å². The van der Waals surface area contributed by atoms with Gasteiger partial charge in [-0.3, -0.25) is 5.84 Å². The van der Waals surface area contributed by atoms with E-state index in [1.807, 2.05) is 0 Å². The summed E-state index contributed by atoms with van der Waals surface area (Å²) >= 11 is 0. The molecule has 5 heteroatoms. The normalized spacial score (nSPS) is 8.64. The van der Waals surface area contributed by atoms with Gasteiger partial charge in [-0.25, -0.2) is 8.78 Å². The summed E-state index contributed by atoms with van der Waals surface area (Å²) in [5.41, 5.74) is 2.35. The fraction of sp³-hybridized carbons (Fsp3) is 0. The molecule has 0 amide bonds. The number of anilines is 1. The zero-order chi connectivity index (χ0) is 7.56. The zero-order valence-corrected chi connectivity index (χ0v) is 6.29. The van der Waals surface area contributed by atoms with Crippen LogP contribution in [-0.2, 0) is 0 Å². The lowest BCUT2D eigenvalue weighted by molar-refractivity contribution is 0.584. The number of rotatable bonds is 1. The number of halogens is 3. The monoisotopic (exact) mass is 180 g/mol. The van der Waals surface area contributed by atoms with Gasteiger partial charge in [-0.05, 0) is 12.1 Å². The molecule has 1 aromatic carbocycles. The molecule has 0 atom stereocenters. The molecule has 0 aliphatic rings. The molecule has 0 aliphatic carbocycles. The van der Waals surface area contributed by atoms with Crippen molar-refractivity contribution in [1.82, 2.24) is 0 Å². The summed E-state index contributed by atoms with van der Waals surface area (Å²) in [5.74, 6) is 3.61. The van der Waals surface area contributed by atoms with Crippen LogP contribution >= 0.6 is 12.4 Å².